The van der Waals surface area contributed by atoms with E-state index >= 15 is 0 Å². The van der Waals surface area contributed by atoms with Crippen molar-refractivity contribution in [1.29, 1.82) is 5.26 Å². The number of halogens is 3. The fourth-order valence-corrected chi connectivity index (χ4v) is 10.2. The highest BCUT2D eigenvalue weighted by molar-refractivity contribution is 7.80. The summed E-state index contributed by atoms with van der Waals surface area (Å²) in [5.41, 5.74) is -1.36. The molecule has 7 rings (SSSR count). The number of anilines is 3. The Morgan fingerprint density at radius 3 is 2.42 bits per heavy atom. The van der Waals surface area contributed by atoms with Gasteiger partial charge in [-0.2, -0.15) is 23.5 Å². The summed E-state index contributed by atoms with van der Waals surface area (Å²) in [6.45, 7) is 10.9. The van der Waals surface area contributed by atoms with Gasteiger partial charge in [-0.05, 0) is 121 Å². The molecule has 4 aliphatic rings. The normalized spacial score (nSPS) is 24.3. The second kappa shape index (κ2) is 16.7. The molecule has 0 spiro atoms. The molecule has 0 bridgehead atoms. The minimum absolute atomic E-state index is 0.00838. The number of fused-ring (bicyclic) bond motifs is 1. The van der Waals surface area contributed by atoms with Gasteiger partial charge in [-0.1, -0.05) is 6.07 Å². The summed E-state index contributed by atoms with van der Waals surface area (Å²) < 4.78 is 42.9. The minimum Gasteiger partial charge on any atom is -0.331 e. The highest BCUT2D eigenvalue weighted by atomic mass is 32.1. The summed E-state index contributed by atoms with van der Waals surface area (Å²) in [6.07, 6.45) is 1.07. The fourth-order valence-electron chi connectivity index (χ4n) is 9.65. The molecule has 2 atom stereocenters. The summed E-state index contributed by atoms with van der Waals surface area (Å²) in [4.78, 5) is 60.7. The molecule has 4 heterocycles. The molecular weight excluding hydrogens is 798 g/mol. The molecule has 4 fully saturated rings. The molecule has 5 amide bonds. The Labute approximate surface area is 352 Å². The Hall–Kier alpha value is -5.12. The van der Waals surface area contributed by atoms with Gasteiger partial charge in [-0.3, -0.25) is 39.1 Å². The first-order valence-corrected chi connectivity index (χ1v) is 20.9. The Balaban J connectivity index is 0.884. The van der Waals surface area contributed by atoms with Gasteiger partial charge in [0, 0.05) is 56.6 Å². The number of nitrogens with one attached hydrogen (secondary N) is 2. The van der Waals surface area contributed by atoms with Crippen molar-refractivity contribution in [2.24, 2.45) is 13.0 Å². The Morgan fingerprint density at radius 1 is 1.07 bits per heavy atom. The molecule has 60 heavy (non-hydrogen) atoms. The van der Waals surface area contributed by atoms with Crippen LogP contribution in [0.3, 0.4) is 0 Å². The number of aromatic nitrogens is 2. The average molecular weight is 849 g/mol. The molecule has 14 nitrogen and oxygen atoms in total. The van der Waals surface area contributed by atoms with E-state index in [-0.39, 0.29) is 66.2 Å². The SMILES string of the molecule is C[C@@H]1CN(CCCC2CCC(N3C(=S)N(c4ccc(C#N)c(C(F)(F)F)c4)C(=O)C3(C)C)CC2)C[C@H](C)N1CC(=O)Nc1cccc2c(N3CCC(=O)NC3=O)nn(C)c12. The number of piperazine rings is 1. The number of carbonyl (C=O) groups excluding carboxylic acids is 4. The van der Waals surface area contributed by atoms with Gasteiger partial charge in [-0.25, -0.2) is 4.79 Å². The zero-order valence-electron chi connectivity index (χ0n) is 34.5. The quantitative estimate of drug-likeness (QED) is 0.233. The third-order valence-corrected chi connectivity index (χ3v) is 13.0. The number of carbonyl (C=O) groups is 4. The number of hydrogen-bond donors (Lipinski definition) is 2. The van der Waals surface area contributed by atoms with Crippen molar-refractivity contribution in [3.63, 3.8) is 0 Å². The topological polar surface area (TPSA) is 150 Å². The van der Waals surface area contributed by atoms with Crippen LogP contribution in [0.4, 0.5) is 35.2 Å². The number of thiocarbonyl (C=S) groups is 1. The lowest BCUT2D eigenvalue weighted by Gasteiger charge is -2.44. The molecule has 0 unspecified atom stereocenters. The maximum Gasteiger partial charge on any atom is 0.417 e. The Morgan fingerprint density at radius 2 is 1.77 bits per heavy atom. The Kier molecular flexibility index (Phi) is 12.0. The van der Waals surface area contributed by atoms with Crippen molar-refractivity contribution >= 4 is 69.2 Å². The number of para-hydroxylation sites is 1. The van der Waals surface area contributed by atoms with Crippen LogP contribution in [0.5, 0.6) is 0 Å². The largest absolute Gasteiger partial charge is 0.417 e. The van der Waals surface area contributed by atoms with Crippen molar-refractivity contribution in [2.45, 2.75) is 102 Å². The monoisotopic (exact) mass is 848 g/mol. The number of amides is 5. The number of benzene rings is 2. The molecule has 1 aromatic heterocycles. The van der Waals surface area contributed by atoms with Crippen molar-refractivity contribution in [3.05, 3.63) is 47.5 Å². The van der Waals surface area contributed by atoms with Gasteiger partial charge in [0.15, 0.2) is 10.9 Å². The van der Waals surface area contributed by atoms with Gasteiger partial charge in [0.2, 0.25) is 11.8 Å². The second-order valence-electron chi connectivity index (χ2n) is 17.1. The molecule has 3 saturated heterocycles. The predicted molar refractivity (Wildman–Crippen MR) is 224 cm³/mol. The van der Waals surface area contributed by atoms with E-state index in [0.29, 0.717) is 28.3 Å². The molecule has 2 N–H and O–H groups in total. The number of aryl methyl sites for hydroxylation is 1. The van der Waals surface area contributed by atoms with E-state index in [4.69, 9.17) is 12.2 Å². The van der Waals surface area contributed by atoms with Crippen LogP contribution in [-0.2, 0) is 27.6 Å². The van der Waals surface area contributed by atoms with Crippen molar-refractivity contribution < 1.29 is 32.3 Å². The summed E-state index contributed by atoms with van der Waals surface area (Å²) in [7, 11) is 1.76. The van der Waals surface area contributed by atoms with Crippen molar-refractivity contribution in [3.8, 4) is 6.07 Å². The maximum absolute atomic E-state index is 13.8. The molecule has 3 aliphatic heterocycles. The number of imide groups is 1. The summed E-state index contributed by atoms with van der Waals surface area (Å²) in [5, 5.41) is 20.1. The summed E-state index contributed by atoms with van der Waals surface area (Å²) in [5.74, 6) is 0.0861. The molecule has 1 saturated carbocycles. The van der Waals surface area contributed by atoms with Gasteiger partial charge in [0.1, 0.15) is 5.54 Å². The second-order valence-corrected chi connectivity index (χ2v) is 17.5. The number of alkyl halides is 3. The summed E-state index contributed by atoms with van der Waals surface area (Å²) >= 11 is 5.78. The zero-order valence-corrected chi connectivity index (χ0v) is 35.3. The first-order valence-electron chi connectivity index (χ1n) is 20.5. The molecular formula is C42H51F3N10O4S. The van der Waals surface area contributed by atoms with E-state index in [1.165, 1.54) is 15.9 Å². The number of rotatable bonds is 10. The number of hydrogen-bond acceptors (Lipinski definition) is 9. The third-order valence-electron chi connectivity index (χ3n) is 12.6. The van der Waals surface area contributed by atoms with Gasteiger partial charge in [0.05, 0.1) is 40.6 Å². The molecule has 0 radical (unpaired) electrons. The maximum atomic E-state index is 13.8. The highest BCUT2D eigenvalue weighted by Crippen LogP contribution is 2.42. The Bertz CT molecular complexity index is 2240. The van der Waals surface area contributed by atoms with Crippen LogP contribution in [0, 0.1) is 17.2 Å². The lowest BCUT2D eigenvalue weighted by molar-refractivity contribution is -0.137. The van der Waals surface area contributed by atoms with Gasteiger partial charge in [0.25, 0.3) is 5.91 Å². The van der Waals surface area contributed by atoms with Crippen LogP contribution < -0.4 is 20.4 Å². The van der Waals surface area contributed by atoms with Gasteiger partial charge in [-0.15, -0.1) is 0 Å². The smallest absolute Gasteiger partial charge is 0.331 e. The number of urea groups is 1. The molecule has 2 aromatic carbocycles. The first kappa shape index (κ1) is 43.0. The van der Waals surface area contributed by atoms with Crippen LogP contribution in [0.25, 0.3) is 10.9 Å². The van der Waals surface area contributed by atoms with Crippen molar-refractivity contribution in [2.75, 3.05) is 47.8 Å². The standard InChI is InChI=1S/C42H51F3N10O4S/c1-25-22-51(23-26(2)53(25)24-35(57)47-33-10-6-9-31-36(33)50(5)49-37(31)52-19-17-34(56)48-39(52)59)18-7-8-27-11-14-29(15-12-27)55-40(60)54(38(58)41(55,3)4)30-16-13-28(21-46)32(20-30)42(43,44)45/h6,9-10,13,16,20,25-27,29H,7-8,11-12,14-15,17-19,22-24H2,1-5H3,(H,47,57)(H,48,56,59)/t25-,26+,27?,29?. The highest BCUT2D eigenvalue weighted by Gasteiger charge is 2.52. The van der Waals surface area contributed by atoms with Crippen LogP contribution in [0.2, 0.25) is 0 Å². The van der Waals surface area contributed by atoms with Gasteiger partial charge >= 0.3 is 12.2 Å². The average Bonchev–Trinajstić information content (AvgIpc) is 3.61. The minimum atomic E-state index is -4.75. The third kappa shape index (κ3) is 8.31. The van der Waals surface area contributed by atoms with Crippen LogP contribution in [-0.4, -0.2) is 110 Å². The van der Waals surface area contributed by atoms with Crippen molar-refractivity contribution in [1.82, 2.24) is 29.8 Å². The first-order chi connectivity index (χ1) is 28.4. The van der Waals surface area contributed by atoms with E-state index in [9.17, 15) is 37.6 Å². The zero-order chi connectivity index (χ0) is 43.3. The van der Waals surface area contributed by atoms with E-state index in [1.807, 2.05) is 23.1 Å². The van der Waals surface area contributed by atoms with E-state index in [0.717, 1.165) is 70.3 Å². The lowest BCUT2D eigenvalue weighted by atomic mass is 9.82. The van der Waals surface area contributed by atoms with E-state index in [1.54, 1.807) is 31.6 Å². The number of nitriles is 1. The van der Waals surface area contributed by atoms with Gasteiger partial charge < -0.3 is 15.1 Å². The summed E-state index contributed by atoms with van der Waals surface area (Å²) in [6, 6.07) is 10.1. The molecule has 18 heteroatoms. The lowest BCUT2D eigenvalue weighted by Crippen LogP contribution is -2.58. The predicted octanol–water partition coefficient (Wildman–Crippen LogP) is 5.99. The molecule has 1 aliphatic carbocycles. The van der Waals surface area contributed by atoms with Crippen LogP contribution >= 0.6 is 12.2 Å². The molecule has 320 valence electrons. The van der Waals surface area contributed by atoms with Crippen LogP contribution in [0.1, 0.15) is 83.8 Å². The van der Waals surface area contributed by atoms with E-state index < -0.39 is 28.9 Å². The molecule has 3 aromatic rings. The number of nitrogens with zero attached hydrogens (tertiary/aromatic N) is 8. The fraction of sp³-hybridized carbons (Fsp3) is 0.548. The van der Waals surface area contributed by atoms with E-state index in [2.05, 4.69) is 39.4 Å². The van der Waals surface area contributed by atoms with Crippen LogP contribution in [0.15, 0.2) is 36.4 Å².